The van der Waals surface area contributed by atoms with Gasteiger partial charge in [0.1, 0.15) is 5.82 Å². The highest BCUT2D eigenvalue weighted by molar-refractivity contribution is 9.10. The molecule has 0 fully saturated rings. The number of halogens is 3. The molecule has 6 heteroatoms. The molecule has 0 aliphatic rings. The minimum absolute atomic E-state index is 0.0955. The summed E-state index contributed by atoms with van der Waals surface area (Å²) >= 11 is 6.63. The van der Waals surface area contributed by atoms with Crippen LogP contribution in [0.5, 0.6) is 0 Å². The van der Waals surface area contributed by atoms with Gasteiger partial charge in [0.15, 0.2) is 0 Å². The van der Waals surface area contributed by atoms with Crippen molar-refractivity contribution < 1.29 is 9.31 Å². The van der Waals surface area contributed by atoms with Gasteiger partial charge in [0.05, 0.1) is 9.40 Å². The molecule has 2 rings (SSSR count). The van der Waals surface area contributed by atoms with Crippen LogP contribution in [0.4, 0.5) is 10.1 Å². The molecule has 0 heterocycles. The molecule has 0 amide bonds. The Morgan fingerprint density at radius 2 is 1.95 bits per heavy atom. The summed E-state index contributed by atoms with van der Waals surface area (Å²) in [6, 6.07) is 11.3. The largest absolute Gasteiger partial charge is 0.272 e. The number of hydrogen-bond acceptors (Lipinski definition) is 2. The summed E-state index contributed by atoms with van der Waals surface area (Å²) < 4.78 is 13.6. The number of hydrogen-bond donors (Lipinski definition) is 0. The van der Waals surface area contributed by atoms with Crippen molar-refractivity contribution in [2.24, 2.45) is 0 Å². The van der Waals surface area contributed by atoms with E-state index in [1.165, 1.54) is 12.1 Å². The van der Waals surface area contributed by atoms with Crippen LogP contribution in [-0.4, -0.2) is 4.92 Å². The number of para-hydroxylation sites is 1. The highest BCUT2D eigenvalue weighted by Gasteiger charge is 2.17. The van der Waals surface area contributed by atoms with Crippen LogP contribution in [0.1, 0.15) is 16.0 Å². The van der Waals surface area contributed by atoms with E-state index in [0.717, 1.165) is 5.56 Å². The first kappa shape index (κ1) is 15.1. The summed E-state index contributed by atoms with van der Waals surface area (Å²) in [6.45, 7) is 0. The summed E-state index contributed by atoms with van der Waals surface area (Å²) in [5.41, 5.74) is 1.59. The molecule has 104 valence electrons. The van der Waals surface area contributed by atoms with Gasteiger partial charge in [-0.1, -0.05) is 40.2 Å². The van der Waals surface area contributed by atoms with Crippen molar-refractivity contribution in [1.82, 2.24) is 0 Å². The van der Waals surface area contributed by atoms with Gasteiger partial charge in [0, 0.05) is 16.5 Å². The molecular weight excluding hydrogens is 393 g/mol. The predicted molar refractivity (Wildman–Crippen MR) is 82.6 cm³/mol. The Labute approximate surface area is 132 Å². The molecule has 0 aliphatic heterocycles. The Hall–Kier alpha value is -1.27. The normalized spacial score (nSPS) is 12.2. The van der Waals surface area contributed by atoms with Crippen molar-refractivity contribution in [3.8, 4) is 0 Å². The molecule has 0 radical (unpaired) electrons. The van der Waals surface area contributed by atoms with Gasteiger partial charge in [0.2, 0.25) is 0 Å². The van der Waals surface area contributed by atoms with Gasteiger partial charge in [-0.05, 0) is 40.0 Å². The van der Waals surface area contributed by atoms with Gasteiger partial charge in [-0.3, -0.25) is 10.1 Å². The molecule has 2 aromatic carbocycles. The standard InChI is InChI=1S/C14H10Br2FNO2/c15-11(9-5-6-13(17)12(16)7-9)8-10-3-1-2-4-14(10)18(19)20/h1-7,11H,8H2. The Morgan fingerprint density at radius 3 is 2.60 bits per heavy atom. The highest BCUT2D eigenvalue weighted by atomic mass is 79.9. The lowest BCUT2D eigenvalue weighted by atomic mass is 10.0. The average Bonchev–Trinajstić information content (AvgIpc) is 2.42. The number of nitro groups is 1. The van der Waals surface area contributed by atoms with E-state index < -0.39 is 4.92 Å². The van der Waals surface area contributed by atoms with Crippen LogP contribution in [0.3, 0.4) is 0 Å². The first-order valence-electron chi connectivity index (χ1n) is 5.80. The molecule has 20 heavy (non-hydrogen) atoms. The monoisotopic (exact) mass is 401 g/mol. The van der Waals surface area contributed by atoms with E-state index in [9.17, 15) is 14.5 Å². The fourth-order valence-electron chi connectivity index (χ4n) is 1.88. The first-order chi connectivity index (χ1) is 9.49. The highest BCUT2D eigenvalue weighted by Crippen LogP contribution is 2.32. The van der Waals surface area contributed by atoms with Crippen LogP contribution < -0.4 is 0 Å². The summed E-state index contributed by atoms with van der Waals surface area (Å²) in [5.74, 6) is -0.334. The van der Waals surface area contributed by atoms with Crippen molar-refractivity contribution in [3.05, 3.63) is 74.0 Å². The second-order valence-corrected chi connectivity index (χ2v) is 6.19. The number of alkyl halides is 1. The zero-order chi connectivity index (χ0) is 14.7. The van der Waals surface area contributed by atoms with Crippen molar-refractivity contribution in [1.29, 1.82) is 0 Å². The van der Waals surface area contributed by atoms with Crippen LogP contribution in [0.2, 0.25) is 0 Å². The Bertz CT molecular complexity index is 649. The van der Waals surface area contributed by atoms with Crippen LogP contribution in [0.25, 0.3) is 0 Å². The van der Waals surface area contributed by atoms with Crippen LogP contribution in [-0.2, 0) is 6.42 Å². The fraction of sp³-hybridized carbons (Fsp3) is 0.143. The lowest BCUT2D eigenvalue weighted by Crippen LogP contribution is -2.00. The molecule has 1 atom stereocenters. The van der Waals surface area contributed by atoms with E-state index in [0.29, 0.717) is 16.5 Å². The van der Waals surface area contributed by atoms with Gasteiger partial charge < -0.3 is 0 Å². The molecule has 3 nitrogen and oxygen atoms in total. The fourth-order valence-corrected chi connectivity index (χ4v) is 2.91. The van der Waals surface area contributed by atoms with Crippen LogP contribution in [0, 0.1) is 15.9 Å². The van der Waals surface area contributed by atoms with Gasteiger partial charge >= 0.3 is 0 Å². The van der Waals surface area contributed by atoms with Crippen molar-refractivity contribution in [3.63, 3.8) is 0 Å². The number of nitro benzene ring substituents is 1. The zero-order valence-corrected chi connectivity index (χ0v) is 13.4. The smallest absolute Gasteiger partial charge is 0.258 e. The molecule has 0 bridgehead atoms. The Kier molecular flexibility index (Phi) is 4.88. The molecule has 2 aromatic rings. The third-order valence-electron chi connectivity index (χ3n) is 2.89. The van der Waals surface area contributed by atoms with E-state index in [1.54, 1.807) is 30.3 Å². The first-order valence-corrected chi connectivity index (χ1v) is 7.51. The van der Waals surface area contributed by atoms with Crippen LogP contribution >= 0.6 is 31.9 Å². The lowest BCUT2D eigenvalue weighted by Gasteiger charge is -2.11. The van der Waals surface area contributed by atoms with Crippen molar-refractivity contribution >= 4 is 37.5 Å². The van der Waals surface area contributed by atoms with E-state index in [1.807, 2.05) is 0 Å². The topological polar surface area (TPSA) is 43.1 Å². The SMILES string of the molecule is O=[N+]([O-])c1ccccc1CC(Br)c1ccc(F)c(Br)c1. The number of rotatable bonds is 4. The summed E-state index contributed by atoms with van der Waals surface area (Å²) in [5, 5.41) is 11.0. The molecule has 1 unspecified atom stereocenters. The Morgan fingerprint density at radius 1 is 1.25 bits per heavy atom. The van der Waals surface area contributed by atoms with Crippen LogP contribution in [0.15, 0.2) is 46.9 Å². The quantitative estimate of drug-likeness (QED) is 0.402. The number of benzene rings is 2. The summed E-state index contributed by atoms with van der Waals surface area (Å²) in [4.78, 5) is 10.5. The minimum atomic E-state index is -0.393. The molecule has 0 saturated carbocycles. The molecule has 0 N–H and O–H groups in total. The summed E-state index contributed by atoms with van der Waals surface area (Å²) in [7, 11) is 0. The minimum Gasteiger partial charge on any atom is -0.258 e. The van der Waals surface area contributed by atoms with Gasteiger partial charge in [-0.15, -0.1) is 0 Å². The van der Waals surface area contributed by atoms with E-state index >= 15 is 0 Å². The third-order valence-corrected chi connectivity index (χ3v) is 4.35. The molecule has 0 saturated heterocycles. The van der Waals surface area contributed by atoms with Gasteiger partial charge in [0.25, 0.3) is 5.69 Å². The van der Waals surface area contributed by atoms with Crippen molar-refractivity contribution in [2.45, 2.75) is 11.2 Å². The lowest BCUT2D eigenvalue weighted by molar-refractivity contribution is -0.385. The van der Waals surface area contributed by atoms with E-state index in [2.05, 4.69) is 31.9 Å². The molecule has 0 aliphatic carbocycles. The van der Waals surface area contributed by atoms with Gasteiger partial charge in [-0.2, -0.15) is 0 Å². The summed E-state index contributed by atoms with van der Waals surface area (Å²) in [6.07, 6.45) is 0.454. The maximum absolute atomic E-state index is 13.2. The predicted octanol–water partition coefficient (Wildman–Crippen LogP) is 5.18. The maximum Gasteiger partial charge on any atom is 0.272 e. The number of nitrogens with zero attached hydrogens (tertiary/aromatic N) is 1. The van der Waals surface area contributed by atoms with E-state index in [4.69, 9.17) is 0 Å². The second-order valence-electron chi connectivity index (χ2n) is 4.23. The average molecular weight is 403 g/mol. The zero-order valence-electron chi connectivity index (χ0n) is 10.2. The maximum atomic E-state index is 13.2. The molecule has 0 spiro atoms. The van der Waals surface area contributed by atoms with Gasteiger partial charge in [-0.25, -0.2) is 4.39 Å². The molecule has 0 aromatic heterocycles. The Balaban J connectivity index is 2.25. The van der Waals surface area contributed by atoms with E-state index in [-0.39, 0.29) is 16.3 Å². The third kappa shape index (κ3) is 3.43. The second kappa shape index (κ2) is 6.45. The molecular formula is C14H10Br2FNO2. The van der Waals surface area contributed by atoms with Crippen molar-refractivity contribution in [2.75, 3.05) is 0 Å².